The van der Waals surface area contributed by atoms with Gasteiger partial charge in [0.2, 0.25) is 0 Å². The van der Waals surface area contributed by atoms with Crippen LogP contribution in [0.3, 0.4) is 0 Å². The molecule has 0 bridgehead atoms. The zero-order valence-electron chi connectivity index (χ0n) is 17.8. The highest BCUT2D eigenvalue weighted by Crippen LogP contribution is 2.43. The number of aromatic amines is 1. The molecule has 6 heterocycles. The van der Waals surface area contributed by atoms with E-state index < -0.39 is 30.5 Å². The predicted octanol–water partition coefficient (Wildman–Crippen LogP) is 2.35. The first-order chi connectivity index (χ1) is 16.4. The Kier molecular flexibility index (Phi) is 5.63. The van der Waals surface area contributed by atoms with Crippen molar-refractivity contribution in [2.45, 2.75) is 24.9 Å². The molecule has 5 aromatic rings. The number of H-pyrrole nitrogens is 1. The molecular weight excluding hydrogens is 502 g/mol. The van der Waals surface area contributed by atoms with Crippen molar-refractivity contribution >= 4 is 47.6 Å². The van der Waals surface area contributed by atoms with E-state index in [9.17, 15) is 13.6 Å². The normalized spacial score (nSPS) is 17.2. The number of rotatable bonds is 4. The Morgan fingerprint density at radius 3 is 2.77 bits per heavy atom. The summed E-state index contributed by atoms with van der Waals surface area (Å²) in [6.07, 6.45) is 6.70. The van der Waals surface area contributed by atoms with Crippen LogP contribution in [0.4, 0.5) is 14.6 Å². The van der Waals surface area contributed by atoms with E-state index in [-0.39, 0.29) is 42.2 Å². The largest absolute Gasteiger partial charge is 0.340 e. The van der Waals surface area contributed by atoms with Gasteiger partial charge in [-0.3, -0.25) is 9.36 Å². The van der Waals surface area contributed by atoms with Crippen molar-refractivity contribution < 1.29 is 8.78 Å². The molecule has 5 aromatic heterocycles. The van der Waals surface area contributed by atoms with Gasteiger partial charge in [-0.05, 0) is 12.1 Å². The van der Waals surface area contributed by atoms with Gasteiger partial charge in [-0.25, -0.2) is 38.2 Å². The molecule has 1 atom stereocenters. The third-order valence-corrected chi connectivity index (χ3v) is 6.02. The lowest BCUT2D eigenvalue weighted by Gasteiger charge is -2.26. The molecule has 1 aliphatic rings. The first-order valence-electron chi connectivity index (χ1n) is 10.2. The molecule has 1 fully saturated rings. The van der Waals surface area contributed by atoms with E-state index in [4.69, 9.17) is 11.6 Å². The maximum Gasteiger partial charge on any atom is 0.279 e. The van der Waals surface area contributed by atoms with Crippen LogP contribution in [0.5, 0.6) is 0 Å². The second-order valence-electron chi connectivity index (χ2n) is 7.87. The smallest absolute Gasteiger partial charge is 0.279 e. The van der Waals surface area contributed by atoms with Crippen molar-refractivity contribution in [3.05, 3.63) is 70.4 Å². The minimum atomic E-state index is -3.06. The number of alkyl halides is 2. The van der Waals surface area contributed by atoms with Gasteiger partial charge in [0, 0.05) is 25.0 Å². The Hall–Kier alpha value is -3.65. The van der Waals surface area contributed by atoms with Crippen LogP contribution in [0.15, 0.2) is 48.2 Å². The Morgan fingerprint density at radius 1 is 1.17 bits per heavy atom. The third-order valence-electron chi connectivity index (χ3n) is 5.71. The quantitative estimate of drug-likeness (QED) is 0.384. The number of halogens is 3. The fourth-order valence-electron chi connectivity index (χ4n) is 4.27. The van der Waals surface area contributed by atoms with Crippen molar-refractivity contribution in [3.8, 4) is 0 Å². The van der Waals surface area contributed by atoms with Crippen molar-refractivity contribution in [1.29, 1.82) is 0 Å². The van der Waals surface area contributed by atoms with Gasteiger partial charge in [-0.1, -0.05) is 11.6 Å². The van der Waals surface area contributed by atoms with Crippen LogP contribution in [0.25, 0.3) is 16.7 Å². The van der Waals surface area contributed by atoms with Crippen molar-refractivity contribution in [2.24, 2.45) is 0 Å². The maximum atomic E-state index is 14.8. The monoisotopic (exact) mass is 518 g/mol. The van der Waals surface area contributed by atoms with Gasteiger partial charge in [0.05, 0.1) is 30.5 Å². The van der Waals surface area contributed by atoms with Gasteiger partial charge >= 0.3 is 0 Å². The van der Waals surface area contributed by atoms with E-state index in [1.54, 1.807) is 6.07 Å². The highest BCUT2D eigenvalue weighted by molar-refractivity contribution is 7.59. The number of hydrogen-bond acceptors (Lipinski definition) is 8. The molecule has 0 aromatic carbocycles. The second kappa shape index (κ2) is 8.53. The zero-order valence-corrected chi connectivity index (χ0v) is 19.6. The summed E-state index contributed by atoms with van der Waals surface area (Å²) in [6, 6.07) is 2.18. The molecular formula is C20H17ClF2N10OS. The minimum absolute atomic E-state index is 0. The first-order valence-corrected chi connectivity index (χ1v) is 10.6. The molecule has 1 aliphatic heterocycles. The number of hydrogen-bond donors (Lipinski definition) is 1. The standard InChI is InChI=1S/C20H15ClF2N10O.H2S/c21-11-2-5-33-15(11)19(34)31(7-13-24-3-1-4-25-13)17(30-33)12-6-20(22,23)8-32(12)18-14-16(27-9-26-14)28-10-29-18;/h1-5,9-10,12H,6-8H2,(H,26,27,28,29);1H2/t12-;/m0./s1. The van der Waals surface area contributed by atoms with Crippen LogP contribution in [-0.2, 0) is 6.54 Å². The van der Waals surface area contributed by atoms with Crippen LogP contribution >= 0.6 is 25.1 Å². The highest BCUT2D eigenvalue weighted by atomic mass is 35.5. The predicted molar refractivity (Wildman–Crippen MR) is 127 cm³/mol. The van der Waals surface area contributed by atoms with Crippen LogP contribution in [0.2, 0.25) is 5.02 Å². The lowest BCUT2D eigenvalue weighted by Crippen LogP contribution is -2.35. The molecule has 11 nitrogen and oxygen atoms in total. The molecule has 0 aliphatic carbocycles. The van der Waals surface area contributed by atoms with Gasteiger partial charge in [0.15, 0.2) is 17.3 Å². The summed E-state index contributed by atoms with van der Waals surface area (Å²) in [7, 11) is 0. The summed E-state index contributed by atoms with van der Waals surface area (Å²) in [5.41, 5.74) is 0.401. The summed E-state index contributed by atoms with van der Waals surface area (Å²) in [6.45, 7) is -0.690. The number of nitrogens with one attached hydrogen (secondary N) is 1. The fourth-order valence-corrected chi connectivity index (χ4v) is 4.50. The molecule has 0 saturated carbocycles. The average Bonchev–Trinajstić information content (AvgIpc) is 3.53. The summed E-state index contributed by atoms with van der Waals surface area (Å²) >= 11 is 6.22. The zero-order chi connectivity index (χ0) is 23.4. The SMILES string of the molecule is O=c1c2c(Cl)ccn2nc([C@@H]2CC(F)(F)CN2c2ncnc3nc[nH]c23)n1Cc1ncccn1.S. The van der Waals surface area contributed by atoms with Crippen LogP contribution < -0.4 is 10.5 Å². The second-order valence-corrected chi connectivity index (χ2v) is 8.28. The van der Waals surface area contributed by atoms with E-state index in [1.165, 1.54) is 51.3 Å². The Balaban J connectivity index is 0.00000253. The fraction of sp³-hybridized carbons (Fsp3) is 0.250. The van der Waals surface area contributed by atoms with Gasteiger partial charge in [0.1, 0.15) is 23.2 Å². The van der Waals surface area contributed by atoms with Gasteiger partial charge in [-0.2, -0.15) is 18.6 Å². The Bertz CT molecular complexity index is 1590. The Labute approximate surface area is 207 Å². The topological polar surface area (TPSA) is 123 Å². The van der Waals surface area contributed by atoms with Crippen molar-refractivity contribution in [2.75, 3.05) is 11.4 Å². The van der Waals surface area contributed by atoms with Crippen LogP contribution in [0, 0.1) is 0 Å². The van der Waals surface area contributed by atoms with Crippen LogP contribution in [0.1, 0.15) is 24.1 Å². The van der Waals surface area contributed by atoms with E-state index in [2.05, 4.69) is 35.0 Å². The summed E-state index contributed by atoms with van der Waals surface area (Å²) in [5.74, 6) is -2.38. The van der Waals surface area contributed by atoms with Crippen LogP contribution in [-0.4, -0.2) is 56.6 Å². The first kappa shape index (κ1) is 23.1. The molecule has 1 saturated heterocycles. The molecule has 0 spiro atoms. The molecule has 6 rings (SSSR count). The molecule has 0 unspecified atom stereocenters. The summed E-state index contributed by atoms with van der Waals surface area (Å²) in [4.78, 5) is 38.6. The maximum absolute atomic E-state index is 14.8. The number of nitrogens with zero attached hydrogens (tertiary/aromatic N) is 9. The number of anilines is 1. The lowest BCUT2D eigenvalue weighted by atomic mass is 10.1. The van der Waals surface area contributed by atoms with Gasteiger partial charge < -0.3 is 9.88 Å². The highest BCUT2D eigenvalue weighted by Gasteiger charge is 2.48. The molecule has 15 heteroatoms. The van der Waals surface area contributed by atoms with E-state index in [0.717, 1.165) is 0 Å². The summed E-state index contributed by atoms with van der Waals surface area (Å²) in [5, 5.41) is 4.74. The summed E-state index contributed by atoms with van der Waals surface area (Å²) < 4.78 is 32.3. The number of imidazole rings is 1. The van der Waals surface area contributed by atoms with Crippen molar-refractivity contribution in [1.82, 2.24) is 44.1 Å². The number of fused-ring (bicyclic) bond motifs is 2. The number of aromatic nitrogens is 9. The van der Waals surface area contributed by atoms with Gasteiger partial charge in [-0.15, -0.1) is 0 Å². The van der Waals surface area contributed by atoms with E-state index >= 15 is 0 Å². The minimum Gasteiger partial charge on any atom is -0.340 e. The average molecular weight is 519 g/mol. The van der Waals surface area contributed by atoms with Crippen molar-refractivity contribution in [3.63, 3.8) is 0 Å². The third kappa shape index (κ3) is 3.87. The lowest BCUT2D eigenvalue weighted by molar-refractivity contribution is 0.0218. The van der Waals surface area contributed by atoms with Gasteiger partial charge in [0.25, 0.3) is 11.5 Å². The molecule has 1 N–H and O–H groups in total. The molecule has 180 valence electrons. The molecule has 0 amide bonds. The molecule has 0 radical (unpaired) electrons. The van der Waals surface area contributed by atoms with E-state index in [1.807, 2.05) is 0 Å². The molecule has 35 heavy (non-hydrogen) atoms. The Morgan fingerprint density at radius 2 is 1.97 bits per heavy atom. The van der Waals surface area contributed by atoms with E-state index in [0.29, 0.717) is 17.0 Å².